The maximum absolute atomic E-state index is 11.0. The number of nitro groups is 1. The van der Waals surface area contributed by atoms with Gasteiger partial charge in [0.2, 0.25) is 0 Å². The van der Waals surface area contributed by atoms with E-state index in [1.807, 2.05) is 56.4 Å². The van der Waals surface area contributed by atoms with Crippen LogP contribution in [0.25, 0.3) is 11.5 Å². The number of benzene rings is 2. The van der Waals surface area contributed by atoms with E-state index in [0.717, 1.165) is 16.8 Å². The number of aliphatic hydroxyl groups is 1. The number of pyridine rings is 1. The lowest BCUT2D eigenvalue weighted by atomic mass is 10.1. The van der Waals surface area contributed by atoms with E-state index in [1.54, 1.807) is 10.8 Å². The molecule has 0 aliphatic carbocycles. The summed E-state index contributed by atoms with van der Waals surface area (Å²) < 4.78 is 1.73. The molecule has 3 rings (SSSR count). The molecule has 0 aliphatic rings. The van der Waals surface area contributed by atoms with E-state index in [0.29, 0.717) is 16.2 Å². The van der Waals surface area contributed by atoms with Crippen LogP contribution in [0.5, 0.6) is 0 Å². The molecule has 146 valence electrons. The maximum Gasteiger partial charge on any atom is 0.288 e. The van der Waals surface area contributed by atoms with Crippen LogP contribution in [0.1, 0.15) is 16.7 Å². The number of hydrogen-bond acceptors (Lipinski definition) is 4. The molecule has 0 saturated heterocycles. The van der Waals surface area contributed by atoms with Gasteiger partial charge in [-0.25, -0.2) is 0 Å². The zero-order valence-electron chi connectivity index (χ0n) is 16.0. The molecule has 29 heavy (non-hydrogen) atoms. The highest BCUT2D eigenvalue weighted by molar-refractivity contribution is 7.81. The Hall–Kier alpha value is -3.58. The number of aryl methyl sites for hydroxylation is 2. The quantitative estimate of drug-likeness (QED) is 0.159. The summed E-state index contributed by atoms with van der Waals surface area (Å²) in [7, 11) is 0. The van der Waals surface area contributed by atoms with Crippen LogP contribution in [0.3, 0.4) is 0 Å². The normalized spacial score (nSPS) is 11.5. The number of nitro benzene ring substituents is 1. The number of non-ortho nitro benzene ring substituents is 1. The largest absolute Gasteiger partial charge is 0.502 e. The molecule has 0 fully saturated rings. The first-order valence-electron chi connectivity index (χ1n) is 8.89. The zero-order chi connectivity index (χ0) is 21.0. The molecule has 0 spiro atoms. The predicted molar refractivity (Wildman–Crippen MR) is 118 cm³/mol. The third kappa shape index (κ3) is 4.83. The first kappa shape index (κ1) is 20.2. The van der Waals surface area contributed by atoms with Crippen molar-refractivity contribution >= 4 is 40.0 Å². The van der Waals surface area contributed by atoms with E-state index in [-0.39, 0.29) is 11.4 Å². The molecule has 6 nitrogen and oxygen atoms in total. The summed E-state index contributed by atoms with van der Waals surface area (Å²) in [6, 6.07) is 17.2. The van der Waals surface area contributed by atoms with Gasteiger partial charge in [-0.15, -0.1) is 0 Å². The van der Waals surface area contributed by atoms with Crippen LogP contribution in [0, 0.1) is 24.0 Å². The lowest BCUT2D eigenvalue weighted by molar-refractivity contribution is -0.576. The third-order valence-electron chi connectivity index (χ3n) is 4.27. The fraction of sp³-hybridized carbons (Fsp3) is 0.0909. The van der Waals surface area contributed by atoms with Crippen LogP contribution in [0.2, 0.25) is 0 Å². The Morgan fingerprint density at radius 3 is 2.38 bits per heavy atom. The van der Waals surface area contributed by atoms with E-state index in [1.165, 1.54) is 24.3 Å². The second kappa shape index (κ2) is 8.62. The lowest BCUT2D eigenvalue weighted by Crippen LogP contribution is -2.38. The number of aromatic nitrogens is 1. The zero-order valence-corrected chi connectivity index (χ0v) is 16.8. The molecule has 7 heteroatoms. The summed E-state index contributed by atoms with van der Waals surface area (Å²) in [5.41, 5.74) is 3.61. The van der Waals surface area contributed by atoms with Gasteiger partial charge in [-0.05, 0) is 49.7 Å². The minimum absolute atomic E-state index is 0.0493. The molecular formula is C22H20N3O3S+. The molecule has 0 amide bonds. The Kier molecular flexibility index (Phi) is 5.99. The van der Waals surface area contributed by atoms with Crippen molar-refractivity contribution in [1.29, 1.82) is 0 Å². The summed E-state index contributed by atoms with van der Waals surface area (Å²) in [5, 5.41) is 25.1. The first-order chi connectivity index (χ1) is 13.8. The molecule has 3 aromatic rings. The van der Waals surface area contributed by atoms with Crippen molar-refractivity contribution < 1.29 is 14.6 Å². The molecule has 2 aromatic carbocycles. The molecule has 0 saturated carbocycles. The molecule has 1 aromatic heterocycles. The molecule has 0 unspecified atom stereocenters. The van der Waals surface area contributed by atoms with Crippen LogP contribution >= 0.6 is 12.2 Å². The van der Waals surface area contributed by atoms with Crippen LogP contribution in [0.15, 0.2) is 73.1 Å². The van der Waals surface area contributed by atoms with Gasteiger partial charge in [0.15, 0.2) is 23.1 Å². The predicted octanol–water partition coefficient (Wildman–Crippen LogP) is 4.82. The second-order valence-corrected chi connectivity index (χ2v) is 7.02. The monoisotopic (exact) mass is 406 g/mol. The minimum Gasteiger partial charge on any atom is -0.502 e. The highest BCUT2D eigenvalue weighted by atomic mass is 32.1. The lowest BCUT2D eigenvalue weighted by Gasteiger charge is -2.11. The average molecular weight is 406 g/mol. The highest BCUT2D eigenvalue weighted by Gasteiger charge is 2.24. The fourth-order valence-corrected chi connectivity index (χ4v) is 3.19. The third-order valence-corrected chi connectivity index (χ3v) is 4.57. The number of anilines is 1. The number of hydrogen-bond donors (Lipinski definition) is 2. The van der Waals surface area contributed by atoms with Crippen LogP contribution in [-0.2, 0) is 0 Å². The van der Waals surface area contributed by atoms with Gasteiger partial charge in [0, 0.05) is 35.0 Å². The van der Waals surface area contributed by atoms with Crippen LogP contribution in [-0.4, -0.2) is 15.0 Å². The Bertz CT molecular complexity index is 1110. The molecule has 0 bridgehead atoms. The number of aliphatic hydroxyl groups excluding tert-OH is 1. The minimum atomic E-state index is -0.481. The maximum atomic E-state index is 11.0. The van der Waals surface area contributed by atoms with Crippen molar-refractivity contribution in [1.82, 2.24) is 0 Å². The molecular weight excluding hydrogens is 386 g/mol. The van der Waals surface area contributed by atoms with E-state index in [2.05, 4.69) is 5.32 Å². The molecule has 2 N–H and O–H groups in total. The van der Waals surface area contributed by atoms with Crippen LogP contribution < -0.4 is 9.88 Å². The van der Waals surface area contributed by atoms with Crippen molar-refractivity contribution in [3.63, 3.8) is 0 Å². The molecule has 0 atom stereocenters. The topological polar surface area (TPSA) is 79.3 Å². The van der Waals surface area contributed by atoms with E-state index in [9.17, 15) is 15.2 Å². The molecule has 0 radical (unpaired) electrons. The van der Waals surface area contributed by atoms with Gasteiger partial charge in [-0.3, -0.25) is 10.1 Å². The van der Waals surface area contributed by atoms with Crippen molar-refractivity contribution in [2.45, 2.75) is 13.8 Å². The number of nitrogens with zero attached hydrogens (tertiary/aromatic N) is 2. The second-order valence-electron chi connectivity index (χ2n) is 6.61. The van der Waals surface area contributed by atoms with Crippen molar-refractivity contribution in [2.75, 3.05) is 5.32 Å². The standard InChI is InChI=1S/C22H19N3O3S/c1-15-5-3-7-18(13-15)23-22(29)20(24-12-4-6-16(2)14-24)21(26)17-8-10-19(11-9-17)25(27)28/h3-14H,1-2H3,(H-,23,26,29)/p+1. The smallest absolute Gasteiger partial charge is 0.288 e. The Morgan fingerprint density at radius 1 is 1.07 bits per heavy atom. The fourth-order valence-electron chi connectivity index (χ4n) is 2.87. The average Bonchev–Trinajstić information content (AvgIpc) is 2.68. The van der Waals surface area contributed by atoms with Gasteiger partial charge in [0.1, 0.15) is 0 Å². The van der Waals surface area contributed by atoms with Gasteiger partial charge < -0.3 is 10.4 Å². The van der Waals surface area contributed by atoms with Crippen LogP contribution in [0.4, 0.5) is 11.4 Å². The summed E-state index contributed by atoms with van der Waals surface area (Å²) in [5.74, 6) is -0.0827. The van der Waals surface area contributed by atoms with E-state index in [4.69, 9.17) is 12.2 Å². The summed E-state index contributed by atoms with van der Waals surface area (Å²) in [6.07, 6.45) is 3.63. The number of nitrogens with one attached hydrogen (secondary N) is 1. The van der Waals surface area contributed by atoms with Gasteiger partial charge in [-0.1, -0.05) is 24.4 Å². The number of rotatable bonds is 5. The highest BCUT2D eigenvalue weighted by Crippen LogP contribution is 2.22. The Labute approximate surface area is 173 Å². The van der Waals surface area contributed by atoms with Gasteiger partial charge in [0.25, 0.3) is 11.4 Å². The van der Waals surface area contributed by atoms with Gasteiger partial charge in [-0.2, -0.15) is 4.57 Å². The van der Waals surface area contributed by atoms with Crippen molar-refractivity contribution in [2.24, 2.45) is 0 Å². The Balaban J connectivity index is 2.07. The SMILES string of the molecule is Cc1cccc(NC(=S)/C(=C(/O)c2ccc([N+](=O)[O-])cc2)[n+]2cccc(C)c2)c1. The Morgan fingerprint density at radius 2 is 1.76 bits per heavy atom. The van der Waals surface area contributed by atoms with E-state index >= 15 is 0 Å². The number of thiocarbonyl (C=S) groups is 1. The summed E-state index contributed by atoms with van der Waals surface area (Å²) >= 11 is 5.61. The first-order valence-corrected chi connectivity index (χ1v) is 9.30. The summed E-state index contributed by atoms with van der Waals surface area (Å²) in [6.45, 7) is 3.92. The van der Waals surface area contributed by atoms with Crippen molar-refractivity contribution in [3.05, 3.63) is 99.9 Å². The summed E-state index contributed by atoms with van der Waals surface area (Å²) in [4.78, 5) is 10.7. The molecule has 0 aliphatic heterocycles. The van der Waals surface area contributed by atoms with Gasteiger partial charge >= 0.3 is 0 Å². The molecule has 1 heterocycles. The van der Waals surface area contributed by atoms with Crippen molar-refractivity contribution in [3.8, 4) is 0 Å². The van der Waals surface area contributed by atoms with E-state index < -0.39 is 4.92 Å². The van der Waals surface area contributed by atoms with Gasteiger partial charge in [0.05, 0.1) is 4.92 Å².